The van der Waals surface area contributed by atoms with Crippen LogP contribution in [-0.4, -0.2) is 0 Å². The van der Waals surface area contributed by atoms with E-state index in [2.05, 4.69) is 0 Å². The molecule has 0 aliphatic rings. The molecule has 0 atom stereocenters. The number of rotatable bonds is 0. The molecule has 2 radical (unpaired) electrons. The first-order valence-corrected chi connectivity index (χ1v) is 2.68. The molecule has 16 heteroatoms. The molecule has 0 saturated carbocycles. The van der Waals surface area contributed by atoms with Gasteiger partial charge in [0.25, 0.3) is 0 Å². The van der Waals surface area contributed by atoms with E-state index in [1.807, 2.05) is 0 Å². The van der Waals surface area contributed by atoms with Crippen LogP contribution < -0.4 is 51.4 Å². The quantitative estimate of drug-likeness (QED) is 0.236. The van der Waals surface area contributed by atoms with E-state index < -0.39 is 0 Å². The van der Waals surface area contributed by atoms with E-state index in [1.54, 1.807) is 0 Å². The maximum Gasteiger partial charge on any atom is 3.00 e. The normalized spacial score (nSPS) is 0.857. The second kappa shape index (κ2) is 1720. The second-order valence-corrected chi connectivity index (χ2v) is 0. The van der Waals surface area contributed by atoms with Gasteiger partial charge in [0.1, 0.15) is 0 Å². The minimum absolute atomic E-state index is 0. The van der Waals surface area contributed by atoms with Gasteiger partial charge in [-0.1, -0.05) is 0 Å². The molecule has 0 N–H and O–H groups in total. The van der Waals surface area contributed by atoms with Crippen LogP contribution in [0.3, 0.4) is 0 Å². The molecule has 0 bridgehead atoms. The summed E-state index contributed by atoms with van der Waals surface area (Å²) >= 11 is 0. The van der Waals surface area contributed by atoms with Crippen LogP contribution in [0.4, 0.5) is 0 Å². The Balaban J connectivity index is -0.00000000356. The van der Waals surface area contributed by atoms with Crippen LogP contribution >= 0.6 is 0 Å². The van der Waals surface area contributed by atoms with Gasteiger partial charge in [0.15, 0.2) is 0 Å². The Bertz CT molecular complexity index is 239. The van der Waals surface area contributed by atoms with Gasteiger partial charge in [-0.3, -0.25) is 0 Å². The molecule has 0 heterocycles. The molecule has 0 aliphatic heterocycles. The summed E-state index contributed by atoms with van der Waals surface area (Å²) in [5, 5.41) is 75.0. The van der Waals surface area contributed by atoms with Gasteiger partial charge in [-0.05, 0) is 0 Å². The predicted molar refractivity (Wildman–Crippen MR) is 60.7 cm³/mol. The molecule has 138 valence electrons. The Kier molecular flexibility index (Phi) is 10700. The van der Waals surface area contributed by atoms with E-state index in [0.29, 0.717) is 0 Å². The van der Waals surface area contributed by atoms with E-state index >= 15 is 0 Å². The summed E-state index contributed by atoms with van der Waals surface area (Å²) in [6, 6.07) is 0. The van der Waals surface area contributed by atoms with Gasteiger partial charge >= 0.3 is 85.5 Å². The fraction of sp³-hybridized carbons (Fsp3) is 0. The third-order valence-corrected chi connectivity index (χ3v) is 0. The SMILES string of the molecule is [C-]#N.[C-]#N.[C-]#N.[C-]#N.[C-]#N.[C-]#N.[C-]#N.[C-]#N.[C-]#N.[C-]#N.[C-]#N.[C-]#N.[Fe+3].[Fe+3].[H-].[K+].[Mo]. The first kappa shape index (κ1) is 174. The predicted octanol–water partition coefficient (Wildman–Crippen LogP) is -1.73. The number of nitrogens with zero attached hydrogens (tertiary/aromatic N) is 12. The van der Waals surface area contributed by atoms with Gasteiger partial charge in [0.2, 0.25) is 0 Å². The van der Waals surface area contributed by atoms with Gasteiger partial charge in [0, 0.05) is 21.1 Å². The fourth-order valence-electron chi connectivity index (χ4n) is 0. The van der Waals surface area contributed by atoms with Crippen LogP contribution in [0, 0.1) is 142 Å². The van der Waals surface area contributed by atoms with E-state index in [-0.39, 0.29) is 108 Å². The Morgan fingerprint density at radius 3 is 0.250 bits per heavy atom. The average Bonchev–Trinajstić information content (AvgIpc) is 2.84. The van der Waals surface area contributed by atoms with Gasteiger partial charge in [0.05, 0.1) is 0 Å². The van der Waals surface area contributed by atoms with Crippen molar-refractivity contribution in [2.24, 2.45) is 0 Å². The zero-order valence-corrected chi connectivity index (χ0v) is 20.8. The third kappa shape index (κ3) is 1510. The number of hydrogen-bond donors (Lipinski definition) is 0. The molecule has 0 spiro atoms. The molecule has 0 rings (SSSR count). The summed E-state index contributed by atoms with van der Waals surface area (Å²) in [6.07, 6.45) is 0. The molecule has 0 aromatic carbocycles. The van der Waals surface area contributed by atoms with Crippen LogP contribution in [-0.2, 0) is 55.2 Å². The van der Waals surface area contributed by atoms with Crippen LogP contribution in [0.25, 0.3) is 0 Å². The maximum atomic E-state index is 6.25. The van der Waals surface area contributed by atoms with Crippen molar-refractivity contribution in [3.05, 3.63) is 78.9 Å². The Hall–Kier alpha value is -2.76. The van der Waals surface area contributed by atoms with Gasteiger partial charge in [-0.2, -0.15) is 0 Å². The van der Waals surface area contributed by atoms with Crippen LogP contribution in [0.15, 0.2) is 0 Å². The maximum absolute atomic E-state index is 6.25. The molecule has 0 unspecified atom stereocenters. The summed E-state index contributed by atoms with van der Waals surface area (Å²) in [4.78, 5) is 0. The van der Waals surface area contributed by atoms with Gasteiger partial charge in [-0.25, -0.2) is 0 Å². The summed E-state index contributed by atoms with van der Waals surface area (Å²) in [7, 11) is 0. The molecule has 0 aliphatic carbocycles. The average molecular weight is 560 g/mol. The molecular weight excluding hydrogens is 559 g/mol. The summed E-state index contributed by atoms with van der Waals surface area (Å²) < 4.78 is 0. The van der Waals surface area contributed by atoms with Crippen molar-refractivity contribution < 1.29 is 108 Å². The van der Waals surface area contributed by atoms with Crippen molar-refractivity contribution in [1.82, 2.24) is 0 Å². The van der Waals surface area contributed by atoms with Crippen molar-refractivity contribution >= 4 is 0 Å². The first-order chi connectivity index (χ1) is 12.0. The molecule has 28 heavy (non-hydrogen) atoms. The van der Waals surface area contributed by atoms with Crippen LogP contribution in [0.5, 0.6) is 0 Å². The van der Waals surface area contributed by atoms with Crippen LogP contribution in [0.2, 0.25) is 0 Å². The zero-order valence-electron chi connectivity index (χ0n) is 14.5. The van der Waals surface area contributed by atoms with E-state index in [4.69, 9.17) is 142 Å². The molecule has 0 fully saturated rings. The van der Waals surface area contributed by atoms with Gasteiger partial charge < -0.3 is 143 Å². The van der Waals surface area contributed by atoms with Crippen molar-refractivity contribution in [1.29, 1.82) is 63.1 Å². The van der Waals surface area contributed by atoms with E-state index in [1.165, 1.54) is 0 Å². The topological polar surface area (TPSA) is 285 Å². The molecular formula is C12HFe2KMoN12-6. The van der Waals surface area contributed by atoms with Crippen molar-refractivity contribution in [3.63, 3.8) is 0 Å². The second-order valence-electron chi connectivity index (χ2n) is 0. The zero-order chi connectivity index (χ0) is 24.0. The van der Waals surface area contributed by atoms with E-state index in [0.717, 1.165) is 0 Å². The van der Waals surface area contributed by atoms with Crippen molar-refractivity contribution in [2.75, 3.05) is 0 Å². The molecule has 0 aromatic rings. The first-order valence-electron chi connectivity index (χ1n) is 2.68. The van der Waals surface area contributed by atoms with E-state index in [9.17, 15) is 0 Å². The monoisotopic (exact) mass is 562 g/mol. The Labute approximate surface area is 247 Å². The van der Waals surface area contributed by atoms with Crippen LogP contribution in [0.1, 0.15) is 1.43 Å². The van der Waals surface area contributed by atoms with Gasteiger partial charge in [-0.15, -0.1) is 0 Å². The van der Waals surface area contributed by atoms with Crippen molar-refractivity contribution in [3.8, 4) is 0 Å². The molecule has 12 nitrogen and oxygen atoms in total. The number of hydrogen-bond acceptors (Lipinski definition) is 12. The molecule has 0 amide bonds. The minimum Gasteiger partial charge on any atom is -1.00 e. The Morgan fingerprint density at radius 2 is 0.250 bits per heavy atom. The van der Waals surface area contributed by atoms with Crippen molar-refractivity contribution in [2.45, 2.75) is 0 Å². The Morgan fingerprint density at radius 1 is 0.250 bits per heavy atom. The minimum atomic E-state index is 0. The standard InChI is InChI=1S/12CN.2Fe.K.Mo.H/c12*1-2;;;;;/q12*-1;2*+3;+1;;-1. The molecule has 0 aromatic heterocycles. The molecule has 0 saturated heterocycles. The smallest absolute Gasteiger partial charge is 1.00 e. The largest absolute Gasteiger partial charge is 3.00 e. The third-order valence-electron chi connectivity index (χ3n) is 0. The summed E-state index contributed by atoms with van der Waals surface area (Å²) in [5.74, 6) is 0. The summed E-state index contributed by atoms with van der Waals surface area (Å²) in [5.41, 5.74) is 0. The fourth-order valence-corrected chi connectivity index (χ4v) is 0. The summed E-state index contributed by atoms with van der Waals surface area (Å²) in [6.45, 7) is 57.0.